The van der Waals surface area contributed by atoms with Crippen molar-refractivity contribution in [1.82, 2.24) is 9.88 Å². The van der Waals surface area contributed by atoms with Crippen LogP contribution in [0.25, 0.3) is 0 Å². The maximum atomic E-state index is 12.1. The number of nitro groups is 1. The quantitative estimate of drug-likeness (QED) is 0.604. The van der Waals surface area contributed by atoms with E-state index in [2.05, 4.69) is 15.2 Å². The second-order valence-corrected chi connectivity index (χ2v) is 5.76. The molecule has 0 radical (unpaired) electrons. The largest absolute Gasteiger partial charge is 0.383 e. The second kappa shape index (κ2) is 5.89. The number of rotatable bonds is 6. The van der Waals surface area contributed by atoms with Crippen LogP contribution in [0.4, 0.5) is 11.4 Å². The van der Waals surface area contributed by atoms with Gasteiger partial charge in [-0.3, -0.25) is 10.1 Å². The number of hydrogen-bond donors (Lipinski definition) is 2. The van der Waals surface area contributed by atoms with Gasteiger partial charge in [0.05, 0.1) is 22.6 Å². The number of anilines is 1. The molecule has 0 spiro atoms. The number of nitro benzene ring substituents is 1. The van der Waals surface area contributed by atoms with E-state index in [1.807, 2.05) is 0 Å². The van der Waals surface area contributed by atoms with Gasteiger partial charge in [0.2, 0.25) is 10.0 Å². The Hall–Kier alpha value is -2.46. The third kappa shape index (κ3) is 3.35. The van der Waals surface area contributed by atoms with Crippen molar-refractivity contribution in [3.05, 3.63) is 46.3 Å². The summed E-state index contributed by atoms with van der Waals surface area (Å²) >= 11 is 0. The number of hydrogen-bond acceptors (Lipinski definition) is 7. The Morgan fingerprint density at radius 2 is 2.14 bits per heavy atom. The molecule has 0 amide bonds. The van der Waals surface area contributed by atoms with Gasteiger partial charge in [-0.2, -0.15) is 0 Å². The fourth-order valence-corrected chi connectivity index (χ4v) is 2.64. The van der Waals surface area contributed by atoms with Crippen LogP contribution in [-0.4, -0.2) is 25.5 Å². The molecule has 1 aromatic carbocycles. The lowest BCUT2D eigenvalue weighted by atomic mass is 10.3. The number of sulfonamides is 1. The summed E-state index contributed by atoms with van der Waals surface area (Å²) in [5.41, 5.74) is -0.0887. The van der Waals surface area contributed by atoms with Crippen molar-refractivity contribution in [1.29, 1.82) is 0 Å². The molecular weight excluding hydrogens is 300 g/mol. The normalized spacial score (nSPS) is 11.3. The van der Waals surface area contributed by atoms with Crippen LogP contribution >= 0.6 is 0 Å². The van der Waals surface area contributed by atoms with Crippen LogP contribution in [-0.2, 0) is 16.6 Å². The molecule has 112 valence electrons. The first-order valence-electron chi connectivity index (χ1n) is 5.79. The molecule has 0 bridgehead atoms. The molecular formula is C11H12N4O5S. The molecule has 10 heteroatoms. The summed E-state index contributed by atoms with van der Waals surface area (Å²) in [6.07, 6.45) is 1.39. The highest BCUT2D eigenvalue weighted by molar-refractivity contribution is 7.89. The molecule has 0 aliphatic heterocycles. The van der Waals surface area contributed by atoms with Gasteiger partial charge < -0.3 is 9.84 Å². The van der Waals surface area contributed by atoms with Crippen molar-refractivity contribution < 1.29 is 17.9 Å². The van der Waals surface area contributed by atoms with E-state index < -0.39 is 14.9 Å². The minimum absolute atomic E-state index is 0.0933. The van der Waals surface area contributed by atoms with Crippen LogP contribution in [0.3, 0.4) is 0 Å². The summed E-state index contributed by atoms with van der Waals surface area (Å²) in [7, 11) is -2.37. The van der Waals surface area contributed by atoms with Crippen LogP contribution in [0.5, 0.6) is 0 Å². The summed E-state index contributed by atoms with van der Waals surface area (Å²) in [5, 5.41) is 17.0. The van der Waals surface area contributed by atoms with Gasteiger partial charge in [0.25, 0.3) is 5.69 Å². The van der Waals surface area contributed by atoms with Gasteiger partial charge in [-0.1, -0.05) is 5.16 Å². The maximum absolute atomic E-state index is 12.1. The summed E-state index contributed by atoms with van der Waals surface area (Å²) in [6, 6.07) is 5.12. The van der Waals surface area contributed by atoms with Crippen LogP contribution in [0.1, 0.15) is 5.76 Å². The smallest absolute Gasteiger partial charge is 0.293 e. The van der Waals surface area contributed by atoms with Crippen molar-refractivity contribution in [2.24, 2.45) is 0 Å². The topological polar surface area (TPSA) is 127 Å². The first kappa shape index (κ1) is 14.9. The Morgan fingerprint density at radius 3 is 2.71 bits per heavy atom. The highest BCUT2D eigenvalue weighted by Crippen LogP contribution is 2.27. The van der Waals surface area contributed by atoms with E-state index in [-0.39, 0.29) is 22.8 Å². The van der Waals surface area contributed by atoms with Crippen molar-refractivity contribution >= 4 is 21.4 Å². The number of benzene rings is 1. The second-order valence-electron chi connectivity index (χ2n) is 3.99. The van der Waals surface area contributed by atoms with E-state index in [1.165, 1.54) is 31.4 Å². The van der Waals surface area contributed by atoms with Gasteiger partial charge in [-0.25, -0.2) is 13.1 Å². The molecule has 0 aliphatic rings. The van der Waals surface area contributed by atoms with Crippen LogP contribution in [0, 0.1) is 10.1 Å². The lowest BCUT2D eigenvalue weighted by molar-refractivity contribution is -0.384. The van der Waals surface area contributed by atoms with Gasteiger partial charge in [-0.15, -0.1) is 0 Å². The Bertz CT molecular complexity index is 742. The molecule has 0 fully saturated rings. The van der Waals surface area contributed by atoms with E-state index in [0.29, 0.717) is 5.76 Å². The number of aromatic nitrogens is 1. The number of nitrogens with zero attached hydrogens (tertiary/aromatic N) is 2. The third-order valence-corrected chi connectivity index (χ3v) is 4.07. The predicted octanol–water partition coefficient (Wildman–Crippen LogP) is 1.10. The summed E-state index contributed by atoms with van der Waals surface area (Å²) in [4.78, 5) is 10.1. The van der Waals surface area contributed by atoms with Gasteiger partial charge in [0.15, 0.2) is 5.76 Å². The molecule has 0 aliphatic carbocycles. The lowest BCUT2D eigenvalue weighted by Crippen LogP contribution is -2.23. The summed E-state index contributed by atoms with van der Waals surface area (Å²) in [5.74, 6) is 0.333. The molecule has 2 rings (SSSR count). The van der Waals surface area contributed by atoms with Crippen LogP contribution < -0.4 is 10.0 Å². The fourth-order valence-electron chi connectivity index (χ4n) is 1.62. The molecule has 2 aromatic rings. The molecule has 0 saturated heterocycles. The molecule has 1 aromatic heterocycles. The maximum Gasteiger partial charge on any atom is 0.293 e. The van der Waals surface area contributed by atoms with Crippen molar-refractivity contribution in [3.63, 3.8) is 0 Å². The monoisotopic (exact) mass is 312 g/mol. The average Bonchev–Trinajstić information content (AvgIpc) is 2.97. The van der Waals surface area contributed by atoms with E-state index in [4.69, 9.17) is 4.52 Å². The van der Waals surface area contributed by atoms with Crippen molar-refractivity contribution in [2.75, 3.05) is 12.4 Å². The Labute approximate surface area is 120 Å². The number of nitrogens with one attached hydrogen (secondary N) is 2. The molecule has 21 heavy (non-hydrogen) atoms. The third-order valence-electron chi connectivity index (χ3n) is 2.67. The SMILES string of the molecule is CNc1ccc(S(=O)(=O)NCc2ccno2)cc1[N+](=O)[O-]. The first-order chi connectivity index (χ1) is 9.94. The zero-order chi connectivity index (χ0) is 15.5. The Kier molecular flexibility index (Phi) is 4.19. The summed E-state index contributed by atoms with van der Waals surface area (Å²) < 4.78 is 31.2. The highest BCUT2D eigenvalue weighted by atomic mass is 32.2. The molecule has 0 saturated carbocycles. The van der Waals surface area contributed by atoms with Gasteiger partial charge in [0, 0.05) is 19.2 Å². The average molecular weight is 312 g/mol. The zero-order valence-corrected chi connectivity index (χ0v) is 11.8. The molecule has 0 unspecified atom stereocenters. The van der Waals surface area contributed by atoms with Crippen LogP contribution in [0.2, 0.25) is 0 Å². The van der Waals surface area contributed by atoms with Gasteiger partial charge in [0.1, 0.15) is 5.69 Å². The lowest BCUT2D eigenvalue weighted by Gasteiger charge is -2.07. The minimum atomic E-state index is -3.89. The fraction of sp³-hybridized carbons (Fsp3) is 0.182. The highest BCUT2D eigenvalue weighted by Gasteiger charge is 2.21. The van der Waals surface area contributed by atoms with E-state index in [9.17, 15) is 18.5 Å². The molecule has 0 atom stereocenters. The van der Waals surface area contributed by atoms with E-state index in [0.717, 1.165) is 6.07 Å². The van der Waals surface area contributed by atoms with E-state index >= 15 is 0 Å². The van der Waals surface area contributed by atoms with Crippen molar-refractivity contribution in [2.45, 2.75) is 11.4 Å². The van der Waals surface area contributed by atoms with Crippen LogP contribution in [0.15, 0.2) is 39.9 Å². The minimum Gasteiger partial charge on any atom is -0.383 e. The van der Waals surface area contributed by atoms with Crippen molar-refractivity contribution in [3.8, 4) is 0 Å². The summed E-state index contributed by atoms with van der Waals surface area (Å²) in [6.45, 7) is -0.0933. The molecule has 1 heterocycles. The molecule has 9 nitrogen and oxygen atoms in total. The first-order valence-corrected chi connectivity index (χ1v) is 7.28. The standard InChI is InChI=1S/C11H12N4O5S/c1-12-10-3-2-9(6-11(10)15(16)17)21(18,19)14-7-8-4-5-13-20-8/h2-6,12,14H,7H2,1H3. The van der Waals surface area contributed by atoms with E-state index in [1.54, 1.807) is 0 Å². The Morgan fingerprint density at radius 1 is 1.38 bits per heavy atom. The van der Waals surface area contributed by atoms with Gasteiger partial charge >= 0.3 is 0 Å². The Balaban J connectivity index is 2.27. The predicted molar refractivity (Wildman–Crippen MR) is 73.2 cm³/mol. The van der Waals surface area contributed by atoms with Gasteiger partial charge in [-0.05, 0) is 12.1 Å². The zero-order valence-electron chi connectivity index (χ0n) is 10.9. The molecule has 2 N–H and O–H groups in total.